The number of nitrogens with one attached hydrogen (secondary N) is 2. The SMILES string of the molecule is Fc1ccccc1Nc1cc(NCc2ccc3c(c2)OCO3)ncn1. The van der Waals surface area contributed by atoms with Crippen LogP contribution in [0.4, 0.5) is 21.7 Å². The van der Waals surface area contributed by atoms with E-state index in [0.29, 0.717) is 23.9 Å². The van der Waals surface area contributed by atoms with Crippen molar-refractivity contribution >= 4 is 17.3 Å². The van der Waals surface area contributed by atoms with Crippen molar-refractivity contribution in [2.24, 2.45) is 0 Å². The number of fused-ring (bicyclic) bond motifs is 1. The Kier molecular flexibility index (Phi) is 4.04. The highest BCUT2D eigenvalue weighted by Crippen LogP contribution is 2.32. The number of nitrogens with zero attached hydrogens (tertiary/aromatic N) is 2. The van der Waals surface area contributed by atoms with Crippen LogP contribution in [0.5, 0.6) is 11.5 Å². The van der Waals surface area contributed by atoms with Crippen molar-refractivity contribution in [1.82, 2.24) is 9.97 Å². The van der Waals surface area contributed by atoms with Crippen molar-refractivity contribution < 1.29 is 13.9 Å². The van der Waals surface area contributed by atoms with Crippen LogP contribution in [0.3, 0.4) is 0 Å². The second-order valence-corrected chi connectivity index (χ2v) is 5.43. The molecule has 126 valence electrons. The van der Waals surface area contributed by atoms with Gasteiger partial charge in [0.25, 0.3) is 0 Å². The van der Waals surface area contributed by atoms with E-state index in [9.17, 15) is 4.39 Å². The summed E-state index contributed by atoms with van der Waals surface area (Å²) in [4.78, 5) is 8.29. The van der Waals surface area contributed by atoms with Gasteiger partial charge in [-0.1, -0.05) is 18.2 Å². The number of halogens is 1. The molecular formula is C18H15FN4O2. The quantitative estimate of drug-likeness (QED) is 0.739. The third-order valence-electron chi connectivity index (χ3n) is 3.71. The molecular weight excluding hydrogens is 323 g/mol. The average Bonchev–Trinajstić information content (AvgIpc) is 3.10. The Morgan fingerprint density at radius 2 is 1.80 bits per heavy atom. The normalized spacial score (nSPS) is 12.0. The molecule has 0 fully saturated rings. The van der Waals surface area contributed by atoms with Crippen molar-refractivity contribution in [3.63, 3.8) is 0 Å². The van der Waals surface area contributed by atoms with E-state index in [1.807, 2.05) is 18.2 Å². The van der Waals surface area contributed by atoms with Crippen LogP contribution >= 0.6 is 0 Å². The highest BCUT2D eigenvalue weighted by molar-refractivity contribution is 5.59. The minimum absolute atomic E-state index is 0.253. The smallest absolute Gasteiger partial charge is 0.231 e. The summed E-state index contributed by atoms with van der Waals surface area (Å²) in [6.07, 6.45) is 1.42. The highest BCUT2D eigenvalue weighted by atomic mass is 19.1. The lowest BCUT2D eigenvalue weighted by atomic mass is 10.2. The van der Waals surface area contributed by atoms with Crippen molar-refractivity contribution in [3.05, 3.63) is 66.2 Å². The minimum Gasteiger partial charge on any atom is -0.454 e. The van der Waals surface area contributed by atoms with Gasteiger partial charge in [-0.3, -0.25) is 0 Å². The van der Waals surface area contributed by atoms with Crippen molar-refractivity contribution in [2.45, 2.75) is 6.54 Å². The van der Waals surface area contributed by atoms with Gasteiger partial charge < -0.3 is 20.1 Å². The Bertz CT molecular complexity index is 904. The van der Waals surface area contributed by atoms with Crippen LogP contribution < -0.4 is 20.1 Å². The van der Waals surface area contributed by atoms with Gasteiger partial charge in [-0.15, -0.1) is 0 Å². The molecule has 2 aromatic carbocycles. The summed E-state index contributed by atoms with van der Waals surface area (Å²) in [6, 6.07) is 13.9. The Labute approximate surface area is 143 Å². The minimum atomic E-state index is -0.337. The molecule has 0 spiro atoms. The first-order chi connectivity index (χ1) is 12.3. The van der Waals surface area contributed by atoms with Crippen LogP contribution in [-0.2, 0) is 6.54 Å². The highest BCUT2D eigenvalue weighted by Gasteiger charge is 2.13. The van der Waals surface area contributed by atoms with Gasteiger partial charge in [-0.2, -0.15) is 0 Å². The third-order valence-corrected chi connectivity index (χ3v) is 3.71. The summed E-state index contributed by atoms with van der Waals surface area (Å²) < 4.78 is 24.4. The monoisotopic (exact) mass is 338 g/mol. The van der Waals surface area contributed by atoms with Crippen molar-refractivity contribution in [3.8, 4) is 11.5 Å². The fourth-order valence-corrected chi connectivity index (χ4v) is 2.47. The summed E-state index contributed by atoms with van der Waals surface area (Å²) in [6.45, 7) is 0.815. The second-order valence-electron chi connectivity index (χ2n) is 5.43. The molecule has 3 aromatic rings. The van der Waals surface area contributed by atoms with Gasteiger partial charge in [-0.05, 0) is 29.8 Å². The molecule has 0 atom stereocenters. The van der Waals surface area contributed by atoms with E-state index in [1.165, 1.54) is 12.4 Å². The van der Waals surface area contributed by atoms with Crippen LogP contribution in [-0.4, -0.2) is 16.8 Å². The zero-order valence-electron chi connectivity index (χ0n) is 13.2. The van der Waals surface area contributed by atoms with Crippen molar-refractivity contribution in [1.29, 1.82) is 0 Å². The number of anilines is 3. The largest absolute Gasteiger partial charge is 0.454 e. The molecule has 0 amide bonds. The van der Waals surface area contributed by atoms with Gasteiger partial charge in [0.05, 0.1) is 5.69 Å². The van der Waals surface area contributed by atoms with Crippen LogP contribution in [0.1, 0.15) is 5.56 Å². The van der Waals surface area contributed by atoms with Crippen LogP contribution in [0, 0.1) is 5.82 Å². The van der Waals surface area contributed by atoms with E-state index in [-0.39, 0.29) is 12.6 Å². The lowest BCUT2D eigenvalue weighted by Crippen LogP contribution is -2.03. The molecule has 7 heteroatoms. The lowest BCUT2D eigenvalue weighted by Gasteiger charge is -2.09. The summed E-state index contributed by atoms with van der Waals surface area (Å²) >= 11 is 0. The molecule has 25 heavy (non-hydrogen) atoms. The summed E-state index contributed by atoms with van der Waals surface area (Å²) in [7, 11) is 0. The third kappa shape index (κ3) is 3.45. The number of para-hydroxylation sites is 1. The summed E-state index contributed by atoms with van der Waals surface area (Å²) in [5.41, 5.74) is 1.40. The molecule has 0 saturated carbocycles. The number of ether oxygens (including phenoxy) is 2. The zero-order chi connectivity index (χ0) is 17.1. The molecule has 0 aliphatic carbocycles. The Morgan fingerprint density at radius 3 is 2.72 bits per heavy atom. The Hall–Kier alpha value is -3.35. The molecule has 2 heterocycles. The number of aromatic nitrogens is 2. The number of benzene rings is 2. The topological polar surface area (TPSA) is 68.3 Å². The molecule has 0 radical (unpaired) electrons. The first kappa shape index (κ1) is 15.2. The summed E-state index contributed by atoms with van der Waals surface area (Å²) in [5, 5.41) is 6.15. The van der Waals surface area contributed by atoms with E-state index in [2.05, 4.69) is 20.6 Å². The molecule has 2 N–H and O–H groups in total. The Balaban J connectivity index is 1.44. The van der Waals surface area contributed by atoms with Gasteiger partial charge in [0, 0.05) is 12.6 Å². The molecule has 1 aromatic heterocycles. The predicted octanol–water partition coefficient (Wildman–Crippen LogP) is 3.70. The molecule has 0 saturated heterocycles. The van der Waals surface area contributed by atoms with Gasteiger partial charge in [0.15, 0.2) is 11.5 Å². The molecule has 0 unspecified atom stereocenters. The maximum absolute atomic E-state index is 13.7. The molecule has 4 rings (SSSR count). The fraction of sp³-hybridized carbons (Fsp3) is 0.111. The fourth-order valence-electron chi connectivity index (χ4n) is 2.47. The molecule has 0 bridgehead atoms. The lowest BCUT2D eigenvalue weighted by molar-refractivity contribution is 0.174. The van der Waals surface area contributed by atoms with Gasteiger partial charge in [-0.25, -0.2) is 14.4 Å². The maximum atomic E-state index is 13.7. The van der Waals surface area contributed by atoms with Gasteiger partial charge >= 0.3 is 0 Å². The second kappa shape index (κ2) is 6.64. The van der Waals surface area contributed by atoms with E-state index < -0.39 is 0 Å². The van der Waals surface area contributed by atoms with Crippen LogP contribution in [0.2, 0.25) is 0 Å². The number of rotatable bonds is 5. The van der Waals surface area contributed by atoms with Crippen LogP contribution in [0.15, 0.2) is 54.9 Å². The van der Waals surface area contributed by atoms with E-state index >= 15 is 0 Å². The average molecular weight is 338 g/mol. The molecule has 1 aliphatic heterocycles. The molecule has 1 aliphatic rings. The first-order valence-corrected chi connectivity index (χ1v) is 7.74. The van der Waals surface area contributed by atoms with E-state index in [1.54, 1.807) is 24.3 Å². The number of hydrogen-bond donors (Lipinski definition) is 2. The first-order valence-electron chi connectivity index (χ1n) is 7.74. The van der Waals surface area contributed by atoms with E-state index in [0.717, 1.165) is 17.1 Å². The zero-order valence-corrected chi connectivity index (χ0v) is 13.2. The predicted molar refractivity (Wildman–Crippen MR) is 91.6 cm³/mol. The standard InChI is InChI=1S/C18H15FN4O2/c19-13-3-1-2-4-14(13)23-18-8-17(21-10-22-18)20-9-12-5-6-15-16(7-12)25-11-24-15/h1-8,10H,9,11H2,(H2,20,21,22,23). The van der Waals surface area contributed by atoms with Gasteiger partial charge in [0.2, 0.25) is 6.79 Å². The Morgan fingerprint density at radius 1 is 0.960 bits per heavy atom. The van der Waals surface area contributed by atoms with Gasteiger partial charge in [0.1, 0.15) is 23.8 Å². The molecule has 6 nitrogen and oxygen atoms in total. The van der Waals surface area contributed by atoms with E-state index in [4.69, 9.17) is 9.47 Å². The summed E-state index contributed by atoms with van der Waals surface area (Å²) in [5.74, 6) is 2.29. The number of hydrogen-bond acceptors (Lipinski definition) is 6. The van der Waals surface area contributed by atoms with Crippen LogP contribution in [0.25, 0.3) is 0 Å². The van der Waals surface area contributed by atoms with Crippen molar-refractivity contribution in [2.75, 3.05) is 17.4 Å². The maximum Gasteiger partial charge on any atom is 0.231 e.